The molecule has 0 saturated carbocycles. The van der Waals surface area contributed by atoms with Crippen LogP contribution in [-0.2, 0) is 6.61 Å². The molecule has 1 aliphatic rings. The molecule has 5 nitrogen and oxygen atoms in total. The summed E-state index contributed by atoms with van der Waals surface area (Å²) in [5.41, 5.74) is 8.50. The zero-order valence-corrected chi connectivity index (χ0v) is 15.4. The van der Waals surface area contributed by atoms with Crippen LogP contribution in [0.15, 0.2) is 48.8 Å². The number of nitrogens with two attached hydrogens (primary N) is 1. The molecule has 0 bridgehead atoms. The Morgan fingerprint density at radius 2 is 1.79 bits per heavy atom. The van der Waals surface area contributed by atoms with E-state index in [0.29, 0.717) is 30.7 Å². The summed E-state index contributed by atoms with van der Waals surface area (Å²) < 4.78 is 41.1. The summed E-state index contributed by atoms with van der Waals surface area (Å²) in [7, 11) is 0. The van der Waals surface area contributed by atoms with Crippen molar-refractivity contribution in [2.24, 2.45) is 5.73 Å². The van der Waals surface area contributed by atoms with Crippen LogP contribution in [0.25, 0.3) is 11.3 Å². The number of anilines is 1. The average Bonchev–Trinajstić information content (AvgIpc) is 3.12. The lowest BCUT2D eigenvalue weighted by Gasteiger charge is -2.18. The van der Waals surface area contributed by atoms with E-state index in [-0.39, 0.29) is 12.2 Å². The number of halogens is 3. The van der Waals surface area contributed by atoms with E-state index in [4.69, 9.17) is 5.73 Å². The highest BCUT2D eigenvalue weighted by Gasteiger charge is 2.34. The monoisotopic (exact) mass is 400 g/mol. The second-order valence-corrected chi connectivity index (χ2v) is 7.08. The van der Waals surface area contributed by atoms with Crippen LogP contribution < -0.4 is 10.6 Å². The summed E-state index contributed by atoms with van der Waals surface area (Å²) >= 11 is 0. The second-order valence-electron chi connectivity index (χ2n) is 7.08. The fourth-order valence-corrected chi connectivity index (χ4v) is 3.67. The van der Waals surface area contributed by atoms with Gasteiger partial charge in [-0.15, -0.1) is 0 Å². The van der Waals surface area contributed by atoms with Gasteiger partial charge in [0.2, 0.25) is 0 Å². The number of nitrogens with zero attached hydrogens (tertiary/aromatic N) is 3. The van der Waals surface area contributed by atoms with Gasteiger partial charge in [0.15, 0.2) is 11.6 Å². The molecule has 2 heterocycles. The maximum atomic E-state index is 14.2. The summed E-state index contributed by atoms with van der Waals surface area (Å²) in [5.74, 6) is -3.03. The molecule has 2 aromatic carbocycles. The zero-order valence-electron chi connectivity index (χ0n) is 15.4. The molecule has 1 saturated heterocycles. The van der Waals surface area contributed by atoms with E-state index in [1.807, 2.05) is 29.2 Å². The molecule has 0 radical (unpaired) electrons. The molecule has 0 unspecified atom stereocenters. The van der Waals surface area contributed by atoms with Gasteiger partial charge in [0.05, 0.1) is 12.3 Å². The molecule has 29 heavy (non-hydrogen) atoms. The Hall–Kier alpha value is -2.97. The SMILES string of the molecule is N[C@H]1CN(c2cc(-c3cccc(CO)c3)ncn2)C[C@@H]1c1cc(F)c(F)cc1F. The van der Waals surface area contributed by atoms with Crippen LogP contribution in [-0.4, -0.2) is 34.2 Å². The number of rotatable bonds is 4. The van der Waals surface area contributed by atoms with Gasteiger partial charge in [-0.1, -0.05) is 18.2 Å². The Morgan fingerprint density at radius 3 is 2.59 bits per heavy atom. The van der Waals surface area contributed by atoms with Gasteiger partial charge in [-0.2, -0.15) is 0 Å². The van der Waals surface area contributed by atoms with E-state index in [9.17, 15) is 18.3 Å². The van der Waals surface area contributed by atoms with Crippen molar-refractivity contribution in [3.63, 3.8) is 0 Å². The molecular weight excluding hydrogens is 381 g/mol. The molecule has 150 valence electrons. The fraction of sp³-hybridized carbons (Fsp3) is 0.238. The molecule has 3 N–H and O–H groups in total. The van der Waals surface area contributed by atoms with E-state index in [1.165, 1.54) is 6.33 Å². The maximum Gasteiger partial charge on any atom is 0.161 e. The summed E-state index contributed by atoms with van der Waals surface area (Å²) in [6, 6.07) is 10.1. The fourth-order valence-electron chi connectivity index (χ4n) is 3.67. The number of hydrogen-bond donors (Lipinski definition) is 2. The molecular formula is C21H19F3N4O. The van der Waals surface area contributed by atoms with Crippen LogP contribution in [0.2, 0.25) is 0 Å². The summed E-state index contributed by atoms with van der Waals surface area (Å²) in [6.07, 6.45) is 1.42. The molecule has 0 amide bonds. The lowest BCUT2D eigenvalue weighted by atomic mass is 9.94. The normalized spacial score (nSPS) is 19.0. The third-order valence-corrected chi connectivity index (χ3v) is 5.19. The van der Waals surface area contributed by atoms with Gasteiger partial charge in [-0.05, 0) is 23.3 Å². The first-order valence-electron chi connectivity index (χ1n) is 9.13. The minimum atomic E-state index is -1.22. The van der Waals surface area contributed by atoms with Gasteiger partial charge in [0, 0.05) is 42.7 Å². The first-order valence-corrected chi connectivity index (χ1v) is 9.13. The number of aliphatic hydroxyl groups is 1. The summed E-state index contributed by atoms with van der Waals surface area (Å²) in [5, 5.41) is 9.33. The Labute approximate surface area is 165 Å². The molecule has 1 fully saturated rings. The topological polar surface area (TPSA) is 75.3 Å². The minimum Gasteiger partial charge on any atom is -0.392 e. The molecule has 3 aromatic rings. The number of hydrogen-bond acceptors (Lipinski definition) is 5. The maximum absolute atomic E-state index is 14.2. The predicted octanol–water partition coefficient (Wildman–Crippen LogP) is 2.98. The van der Waals surface area contributed by atoms with Gasteiger partial charge in [-0.3, -0.25) is 0 Å². The van der Waals surface area contributed by atoms with Gasteiger partial charge in [0.25, 0.3) is 0 Å². The quantitative estimate of drug-likeness (QED) is 0.659. The Balaban J connectivity index is 1.61. The lowest BCUT2D eigenvalue weighted by Crippen LogP contribution is -2.29. The standard InChI is InChI=1S/C21H19F3N4O/c22-16-6-18(24)17(23)5-14(16)15-8-28(9-19(15)25)21-7-20(26-11-27-21)13-3-1-2-12(4-13)10-29/h1-7,11,15,19,29H,8-10,25H2/t15-,19+/m1/s1. The highest BCUT2D eigenvalue weighted by Crippen LogP contribution is 2.32. The van der Waals surface area contributed by atoms with Gasteiger partial charge in [0.1, 0.15) is 18.0 Å². The second kappa shape index (κ2) is 7.81. The van der Waals surface area contributed by atoms with Crippen molar-refractivity contribution in [3.8, 4) is 11.3 Å². The van der Waals surface area contributed by atoms with Gasteiger partial charge >= 0.3 is 0 Å². The lowest BCUT2D eigenvalue weighted by molar-refractivity contribution is 0.282. The van der Waals surface area contributed by atoms with Crippen LogP contribution in [0.1, 0.15) is 17.0 Å². The van der Waals surface area contributed by atoms with Crippen molar-refractivity contribution >= 4 is 5.82 Å². The highest BCUT2D eigenvalue weighted by molar-refractivity contribution is 5.63. The van der Waals surface area contributed by atoms with Crippen molar-refractivity contribution in [1.82, 2.24) is 9.97 Å². The molecule has 2 atom stereocenters. The highest BCUT2D eigenvalue weighted by atomic mass is 19.2. The predicted molar refractivity (Wildman–Crippen MR) is 103 cm³/mol. The van der Waals surface area contributed by atoms with E-state index < -0.39 is 29.4 Å². The van der Waals surface area contributed by atoms with Crippen molar-refractivity contribution in [3.05, 3.63) is 77.4 Å². The average molecular weight is 400 g/mol. The Bertz CT molecular complexity index is 1050. The first-order chi connectivity index (χ1) is 14.0. The van der Waals surface area contributed by atoms with Gasteiger partial charge < -0.3 is 15.7 Å². The largest absolute Gasteiger partial charge is 0.392 e. The van der Waals surface area contributed by atoms with Crippen molar-refractivity contribution in [1.29, 1.82) is 0 Å². The zero-order chi connectivity index (χ0) is 20.5. The minimum absolute atomic E-state index is 0.0591. The van der Waals surface area contributed by atoms with Crippen molar-refractivity contribution < 1.29 is 18.3 Å². The smallest absolute Gasteiger partial charge is 0.161 e. The van der Waals surface area contributed by atoms with Crippen molar-refractivity contribution in [2.45, 2.75) is 18.6 Å². The third kappa shape index (κ3) is 3.81. The number of benzene rings is 2. The molecule has 0 spiro atoms. The van der Waals surface area contributed by atoms with Crippen LogP contribution >= 0.6 is 0 Å². The molecule has 1 aromatic heterocycles. The third-order valence-electron chi connectivity index (χ3n) is 5.19. The first kappa shape index (κ1) is 19.4. The van der Waals surface area contributed by atoms with Crippen LogP contribution in [0.4, 0.5) is 19.0 Å². The van der Waals surface area contributed by atoms with E-state index in [0.717, 1.165) is 17.2 Å². The molecule has 1 aliphatic heterocycles. The number of aliphatic hydroxyl groups excluding tert-OH is 1. The summed E-state index contributed by atoms with van der Waals surface area (Å²) in [6.45, 7) is 0.626. The van der Waals surface area contributed by atoms with E-state index in [1.54, 1.807) is 6.07 Å². The number of aromatic nitrogens is 2. The van der Waals surface area contributed by atoms with E-state index >= 15 is 0 Å². The summed E-state index contributed by atoms with van der Waals surface area (Å²) in [4.78, 5) is 10.4. The van der Waals surface area contributed by atoms with Crippen LogP contribution in [0.3, 0.4) is 0 Å². The van der Waals surface area contributed by atoms with E-state index in [2.05, 4.69) is 9.97 Å². The molecule has 0 aliphatic carbocycles. The van der Waals surface area contributed by atoms with Gasteiger partial charge in [-0.25, -0.2) is 23.1 Å². The molecule has 8 heteroatoms. The van der Waals surface area contributed by atoms with Crippen LogP contribution in [0.5, 0.6) is 0 Å². The Kier molecular flexibility index (Phi) is 5.21. The Morgan fingerprint density at radius 1 is 1.00 bits per heavy atom. The molecule has 4 rings (SSSR count). The van der Waals surface area contributed by atoms with Crippen molar-refractivity contribution in [2.75, 3.05) is 18.0 Å². The van der Waals surface area contributed by atoms with Crippen LogP contribution in [0, 0.1) is 17.5 Å².